The zero-order valence-corrected chi connectivity index (χ0v) is 10.8. The van der Waals surface area contributed by atoms with E-state index in [2.05, 4.69) is 10.6 Å². The van der Waals surface area contributed by atoms with E-state index >= 15 is 0 Å². The first-order valence-electron chi connectivity index (χ1n) is 5.94. The smallest absolute Gasteiger partial charge is 0.315 e. The molecule has 2 atom stereocenters. The van der Waals surface area contributed by atoms with Gasteiger partial charge in [-0.05, 0) is 31.2 Å². The molecule has 17 heavy (non-hydrogen) atoms. The average molecular weight is 254 g/mol. The fourth-order valence-corrected chi connectivity index (χ4v) is 2.57. The predicted octanol–water partition coefficient (Wildman–Crippen LogP) is 2.11. The third-order valence-electron chi connectivity index (χ3n) is 2.88. The molecule has 0 radical (unpaired) electrons. The van der Waals surface area contributed by atoms with Gasteiger partial charge in [0.05, 0.1) is 18.7 Å². The fourth-order valence-electron chi connectivity index (χ4n) is 1.93. The molecule has 2 N–H and O–H groups in total. The lowest BCUT2D eigenvalue weighted by atomic mass is 10.1. The molecular formula is C12H18N2O2S. The molecule has 0 aromatic carbocycles. The number of urea groups is 1. The molecule has 0 bridgehead atoms. The molecule has 2 amide bonds. The summed E-state index contributed by atoms with van der Waals surface area (Å²) in [5.74, 6) is 0. The van der Waals surface area contributed by atoms with E-state index in [-0.39, 0.29) is 18.2 Å². The summed E-state index contributed by atoms with van der Waals surface area (Å²) in [5, 5.41) is 7.76. The van der Waals surface area contributed by atoms with Crippen molar-refractivity contribution in [2.45, 2.75) is 38.5 Å². The van der Waals surface area contributed by atoms with Crippen molar-refractivity contribution >= 4 is 17.4 Å². The zero-order valence-electron chi connectivity index (χ0n) is 9.94. The molecular weight excluding hydrogens is 236 g/mol. The molecule has 2 heterocycles. The second-order valence-corrected chi connectivity index (χ2v) is 5.28. The Morgan fingerprint density at radius 2 is 2.59 bits per heavy atom. The molecule has 1 aromatic rings. The van der Waals surface area contributed by atoms with Gasteiger partial charge in [-0.15, -0.1) is 11.3 Å². The van der Waals surface area contributed by atoms with Crippen molar-refractivity contribution in [1.29, 1.82) is 0 Å². The first-order valence-corrected chi connectivity index (χ1v) is 6.82. The van der Waals surface area contributed by atoms with Crippen molar-refractivity contribution in [2.75, 3.05) is 6.61 Å². The van der Waals surface area contributed by atoms with Crippen molar-refractivity contribution in [3.8, 4) is 0 Å². The second-order valence-electron chi connectivity index (χ2n) is 4.25. The number of ether oxygens (including phenoxy) is 1. The molecule has 1 aliphatic rings. The van der Waals surface area contributed by atoms with Gasteiger partial charge in [0.15, 0.2) is 0 Å². The number of amides is 2. The van der Waals surface area contributed by atoms with Crippen LogP contribution in [0.15, 0.2) is 17.5 Å². The Labute approximate surface area is 105 Å². The lowest BCUT2D eigenvalue weighted by molar-refractivity contribution is 0.0860. The van der Waals surface area contributed by atoms with E-state index in [4.69, 9.17) is 4.74 Å². The highest BCUT2D eigenvalue weighted by Gasteiger charge is 2.23. The summed E-state index contributed by atoms with van der Waals surface area (Å²) >= 11 is 1.64. The lowest BCUT2D eigenvalue weighted by Crippen LogP contribution is -2.45. The summed E-state index contributed by atoms with van der Waals surface area (Å²) in [7, 11) is 0. The van der Waals surface area contributed by atoms with Crippen LogP contribution in [-0.4, -0.2) is 24.8 Å². The molecule has 1 fully saturated rings. The molecule has 5 heteroatoms. The number of carbonyl (C=O) groups excluding carboxylic acids is 1. The van der Waals surface area contributed by atoms with Crippen LogP contribution in [0, 0.1) is 0 Å². The van der Waals surface area contributed by atoms with E-state index in [1.807, 2.05) is 24.4 Å². The maximum Gasteiger partial charge on any atom is 0.315 e. The molecule has 1 aliphatic heterocycles. The maximum absolute atomic E-state index is 11.6. The number of nitrogens with one attached hydrogen (secondary N) is 2. The molecule has 4 nitrogen and oxygen atoms in total. The molecule has 2 rings (SSSR count). The normalized spacial score (nSPS) is 21.1. The summed E-state index contributed by atoms with van der Waals surface area (Å²) < 4.78 is 5.53. The van der Waals surface area contributed by atoms with E-state index in [1.165, 1.54) is 0 Å². The molecule has 0 unspecified atom stereocenters. The van der Waals surface area contributed by atoms with Gasteiger partial charge in [0.25, 0.3) is 0 Å². The molecule has 0 saturated carbocycles. The summed E-state index contributed by atoms with van der Waals surface area (Å²) in [6.07, 6.45) is 2.29. The van der Waals surface area contributed by atoms with Crippen molar-refractivity contribution in [3.63, 3.8) is 0 Å². The summed E-state index contributed by atoms with van der Waals surface area (Å²) in [5.41, 5.74) is 0. The highest BCUT2D eigenvalue weighted by molar-refractivity contribution is 7.09. The fraction of sp³-hybridized carbons (Fsp3) is 0.583. The zero-order chi connectivity index (χ0) is 12.1. The predicted molar refractivity (Wildman–Crippen MR) is 68.1 cm³/mol. The number of thiophene rings is 1. The minimum Gasteiger partial charge on any atom is -0.376 e. The van der Waals surface area contributed by atoms with Gasteiger partial charge in [-0.25, -0.2) is 4.79 Å². The van der Waals surface area contributed by atoms with E-state index < -0.39 is 0 Å². The monoisotopic (exact) mass is 254 g/mol. The van der Waals surface area contributed by atoms with Crippen LogP contribution in [0.4, 0.5) is 4.79 Å². The Balaban J connectivity index is 1.69. The number of hydrogen-bond acceptors (Lipinski definition) is 3. The topological polar surface area (TPSA) is 50.4 Å². The van der Waals surface area contributed by atoms with Crippen LogP contribution >= 0.6 is 11.3 Å². The third-order valence-corrected chi connectivity index (χ3v) is 3.76. The first-order chi connectivity index (χ1) is 8.25. The van der Waals surface area contributed by atoms with E-state index in [9.17, 15) is 4.79 Å². The van der Waals surface area contributed by atoms with E-state index in [0.29, 0.717) is 6.54 Å². The van der Waals surface area contributed by atoms with Crippen LogP contribution in [0.1, 0.15) is 24.6 Å². The van der Waals surface area contributed by atoms with Crippen molar-refractivity contribution in [3.05, 3.63) is 22.4 Å². The van der Waals surface area contributed by atoms with Crippen LogP contribution in [0.25, 0.3) is 0 Å². The van der Waals surface area contributed by atoms with Crippen LogP contribution in [-0.2, 0) is 11.3 Å². The Morgan fingerprint density at radius 3 is 3.24 bits per heavy atom. The average Bonchev–Trinajstić information content (AvgIpc) is 2.99. The summed E-state index contributed by atoms with van der Waals surface area (Å²) in [4.78, 5) is 12.8. The standard InChI is InChI=1S/C12H18N2O2S/c1-9(11-5-2-6-16-11)14-12(15)13-8-10-4-3-7-17-10/h3-4,7,9,11H,2,5-6,8H2,1H3,(H2,13,14,15)/t9-,11-/m0/s1. The number of hydrogen-bond donors (Lipinski definition) is 2. The van der Waals surface area contributed by atoms with Crippen LogP contribution in [0.2, 0.25) is 0 Å². The largest absolute Gasteiger partial charge is 0.376 e. The Bertz CT molecular complexity index is 347. The molecule has 94 valence electrons. The van der Waals surface area contributed by atoms with E-state index in [0.717, 1.165) is 24.3 Å². The minimum atomic E-state index is -0.124. The number of carbonyl (C=O) groups is 1. The van der Waals surface area contributed by atoms with Gasteiger partial charge in [0, 0.05) is 11.5 Å². The van der Waals surface area contributed by atoms with Crippen molar-refractivity contribution in [2.24, 2.45) is 0 Å². The SMILES string of the molecule is C[C@H](NC(=O)NCc1cccs1)[C@@H]1CCCO1. The highest BCUT2D eigenvalue weighted by Crippen LogP contribution is 2.15. The minimum absolute atomic E-state index is 0.0702. The van der Waals surface area contributed by atoms with Crippen LogP contribution in [0.5, 0.6) is 0 Å². The molecule has 0 spiro atoms. The van der Waals surface area contributed by atoms with Gasteiger partial charge in [0.1, 0.15) is 0 Å². The Morgan fingerprint density at radius 1 is 1.71 bits per heavy atom. The van der Waals surface area contributed by atoms with Gasteiger partial charge in [-0.2, -0.15) is 0 Å². The van der Waals surface area contributed by atoms with Crippen LogP contribution in [0.3, 0.4) is 0 Å². The third kappa shape index (κ3) is 3.71. The Hall–Kier alpha value is -1.07. The number of rotatable bonds is 4. The molecule has 1 aromatic heterocycles. The van der Waals surface area contributed by atoms with E-state index in [1.54, 1.807) is 11.3 Å². The van der Waals surface area contributed by atoms with Gasteiger partial charge < -0.3 is 15.4 Å². The van der Waals surface area contributed by atoms with Crippen molar-refractivity contribution in [1.82, 2.24) is 10.6 Å². The van der Waals surface area contributed by atoms with Gasteiger partial charge in [-0.3, -0.25) is 0 Å². The summed E-state index contributed by atoms with van der Waals surface area (Å²) in [6.45, 7) is 3.38. The maximum atomic E-state index is 11.6. The van der Waals surface area contributed by atoms with Gasteiger partial charge >= 0.3 is 6.03 Å². The molecule has 0 aliphatic carbocycles. The second kappa shape index (κ2) is 6.02. The highest BCUT2D eigenvalue weighted by atomic mass is 32.1. The van der Waals surface area contributed by atoms with Gasteiger partial charge in [0.2, 0.25) is 0 Å². The Kier molecular flexibility index (Phi) is 4.39. The van der Waals surface area contributed by atoms with Gasteiger partial charge in [-0.1, -0.05) is 6.07 Å². The van der Waals surface area contributed by atoms with Crippen molar-refractivity contribution < 1.29 is 9.53 Å². The lowest BCUT2D eigenvalue weighted by Gasteiger charge is -2.20. The van der Waals surface area contributed by atoms with Crippen LogP contribution < -0.4 is 10.6 Å². The summed E-state index contributed by atoms with van der Waals surface area (Å²) in [6, 6.07) is 3.94. The molecule has 1 saturated heterocycles. The quantitative estimate of drug-likeness (QED) is 0.864. The first kappa shape index (κ1) is 12.4.